The van der Waals surface area contributed by atoms with Crippen LogP contribution >= 0.6 is 0 Å². The van der Waals surface area contributed by atoms with Gasteiger partial charge in [-0.3, -0.25) is 10.1 Å². The van der Waals surface area contributed by atoms with Gasteiger partial charge in [0.2, 0.25) is 0 Å². The summed E-state index contributed by atoms with van der Waals surface area (Å²) in [5.74, 6) is -0.231. The van der Waals surface area contributed by atoms with Crippen LogP contribution in [-0.4, -0.2) is 29.8 Å². The normalized spacial score (nSPS) is 18.4. The Kier molecular flexibility index (Phi) is 3.41. The molecule has 1 aliphatic heterocycles. The number of aromatic hydroxyl groups is 1. The molecule has 1 aromatic carbocycles. The van der Waals surface area contributed by atoms with Crippen LogP contribution in [0.1, 0.15) is 18.0 Å². The van der Waals surface area contributed by atoms with E-state index in [0.717, 1.165) is 6.07 Å². The van der Waals surface area contributed by atoms with Gasteiger partial charge >= 0.3 is 6.09 Å². The Morgan fingerprint density at radius 1 is 1.58 bits per heavy atom. The molecule has 8 heteroatoms. The van der Waals surface area contributed by atoms with Gasteiger partial charge in [-0.25, -0.2) is 4.79 Å². The van der Waals surface area contributed by atoms with Crippen molar-refractivity contribution >= 4 is 11.8 Å². The molecule has 0 saturated carbocycles. The van der Waals surface area contributed by atoms with Crippen LogP contribution < -0.4 is 10.1 Å². The minimum absolute atomic E-state index is 0.00931. The van der Waals surface area contributed by atoms with Crippen LogP contribution in [0.15, 0.2) is 12.1 Å². The lowest BCUT2D eigenvalue weighted by Crippen LogP contribution is -2.35. The van der Waals surface area contributed by atoms with E-state index in [1.807, 2.05) is 0 Å². The number of benzene rings is 1. The van der Waals surface area contributed by atoms with Gasteiger partial charge in [-0.05, 0) is 0 Å². The third-order valence-corrected chi connectivity index (χ3v) is 2.83. The second-order valence-corrected chi connectivity index (χ2v) is 3.96. The second kappa shape index (κ2) is 5.01. The summed E-state index contributed by atoms with van der Waals surface area (Å²) in [5.41, 5.74) is 0.0214. The van der Waals surface area contributed by atoms with Gasteiger partial charge in [0.15, 0.2) is 11.5 Å². The monoisotopic (exact) mass is 268 g/mol. The molecule has 1 atom stereocenters. The van der Waals surface area contributed by atoms with E-state index in [-0.39, 0.29) is 29.4 Å². The molecule has 0 aromatic heterocycles. The van der Waals surface area contributed by atoms with Crippen molar-refractivity contribution in [2.75, 3.05) is 13.7 Å². The molecule has 1 fully saturated rings. The minimum Gasteiger partial charge on any atom is -0.504 e. The number of nitrogens with zero attached hydrogens (tertiary/aromatic N) is 1. The number of nitrogens with one attached hydrogen (secondary N) is 1. The highest BCUT2D eigenvalue weighted by Gasteiger charge is 2.27. The summed E-state index contributed by atoms with van der Waals surface area (Å²) in [6.45, 7) is 0.181. The minimum atomic E-state index is -0.624. The van der Waals surface area contributed by atoms with Crippen molar-refractivity contribution in [1.82, 2.24) is 5.32 Å². The highest BCUT2D eigenvalue weighted by Crippen LogP contribution is 2.39. The molecule has 0 aliphatic carbocycles. The molecule has 8 nitrogen and oxygen atoms in total. The molecule has 1 saturated heterocycles. The second-order valence-electron chi connectivity index (χ2n) is 3.96. The van der Waals surface area contributed by atoms with Gasteiger partial charge < -0.3 is 19.9 Å². The number of carbonyl (C=O) groups is 1. The zero-order valence-electron chi connectivity index (χ0n) is 10.1. The molecule has 2 N–H and O–H groups in total. The van der Waals surface area contributed by atoms with Gasteiger partial charge in [0.25, 0.3) is 5.69 Å². The number of nitro benzene ring substituents is 1. The highest BCUT2D eigenvalue weighted by molar-refractivity contribution is 5.69. The van der Waals surface area contributed by atoms with Crippen LogP contribution in [0.5, 0.6) is 11.5 Å². The Bertz CT molecular complexity index is 530. The van der Waals surface area contributed by atoms with Gasteiger partial charge in [-0.1, -0.05) is 0 Å². The number of cyclic esters (lactones) is 1. The lowest BCUT2D eigenvalue weighted by Gasteiger charge is -2.24. The molecule has 0 bridgehead atoms. The first-order valence-electron chi connectivity index (χ1n) is 5.51. The topological polar surface area (TPSA) is 111 Å². The lowest BCUT2D eigenvalue weighted by molar-refractivity contribution is -0.385. The number of methoxy groups -OCH3 is 1. The first kappa shape index (κ1) is 12.9. The number of alkyl carbamates (subject to hydrolysis) is 1. The molecule has 1 heterocycles. The van der Waals surface area contributed by atoms with E-state index in [4.69, 9.17) is 9.47 Å². The summed E-state index contributed by atoms with van der Waals surface area (Å²) in [6.07, 6.45) is -0.218. The number of rotatable bonds is 3. The third kappa shape index (κ3) is 2.51. The molecule has 0 spiro atoms. The molecule has 0 radical (unpaired) electrons. The molecule has 19 heavy (non-hydrogen) atoms. The van der Waals surface area contributed by atoms with Gasteiger partial charge in [0.1, 0.15) is 0 Å². The van der Waals surface area contributed by atoms with Crippen molar-refractivity contribution in [3.63, 3.8) is 0 Å². The Labute approximate surface area is 108 Å². The standard InChI is InChI=1S/C11H12N2O6/c1-18-9-5-6(13(16)17)4-7(10(9)14)8-2-3-19-11(15)12-8/h4-5,8,14H,2-3H2,1H3,(H,12,15)/t8-/m1/s1. The quantitative estimate of drug-likeness (QED) is 0.634. The first-order chi connectivity index (χ1) is 9.02. The first-order valence-corrected chi connectivity index (χ1v) is 5.51. The molecule has 1 amide bonds. The van der Waals surface area contributed by atoms with Crippen molar-refractivity contribution in [3.8, 4) is 11.5 Å². The maximum Gasteiger partial charge on any atom is 0.407 e. The van der Waals surface area contributed by atoms with E-state index in [1.165, 1.54) is 13.2 Å². The maximum atomic E-state index is 11.2. The molecule has 0 unspecified atom stereocenters. The van der Waals surface area contributed by atoms with Crippen LogP contribution in [-0.2, 0) is 4.74 Å². The fraction of sp³-hybridized carbons (Fsp3) is 0.364. The Morgan fingerprint density at radius 2 is 2.32 bits per heavy atom. The predicted octanol–water partition coefficient (Wildman–Crippen LogP) is 1.48. The average Bonchev–Trinajstić information content (AvgIpc) is 2.38. The van der Waals surface area contributed by atoms with Gasteiger partial charge in [-0.2, -0.15) is 0 Å². The molecular formula is C11H12N2O6. The van der Waals surface area contributed by atoms with E-state index >= 15 is 0 Å². The summed E-state index contributed by atoms with van der Waals surface area (Å²) in [5, 5.41) is 23.3. The van der Waals surface area contributed by atoms with Crippen molar-refractivity contribution in [2.24, 2.45) is 0 Å². The Balaban J connectivity index is 2.45. The summed E-state index contributed by atoms with van der Waals surface area (Å²) < 4.78 is 9.60. The smallest absolute Gasteiger partial charge is 0.407 e. The number of hydrogen-bond acceptors (Lipinski definition) is 6. The van der Waals surface area contributed by atoms with Crippen LogP contribution in [0, 0.1) is 10.1 Å². The lowest BCUT2D eigenvalue weighted by atomic mass is 10.0. The fourth-order valence-electron chi connectivity index (χ4n) is 1.90. The molecular weight excluding hydrogens is 256 g/mol. The zero-order chi connectivity index (χ0) is 14.0. The number of hydrogen-bond donors (Lipinski definition) is 2. The van der Waals surface area contributed by atoms with Crippen molar-refractivity contribution in [3.05, 3.63) is 27.8 Å². The average molecular weight is 268 g/mol. The van der Waals surface area contributed by atoms with E-state index in [9.17, 15) is 20.0 Å². The number of non-ortho nitro benzene ring substituents is 1. The Hall–Kier alpha value is -2.51. The van der Waals surface area contributed by atoms with Crippen LogP contribution in [0.2, 0.25) is 0 Å². The summed E-state index contributed by atoms with van der Waals surface area (Å²) in [4.78, 5) is 21.4. The Morgan fingerprint density at radius 3 is 2.89 bits per heavy atom. The van der Waals surface area contributed by atoms with E-state index < -0.39 is 17.1 Å². The number of amides is 1. The SMILES string of the molecule is COc1cc([N+](=O)[O-])cc([C@H]2CCOC(=O)N2)c1O. The van der Waals surface area contributed by atoms with Gasteiger partial charge in [0, 0.05) is 18.1 Å². The number of phenols is 1. The van der Waals surface area contributed by atoms with Crippen molar-refractivity contribution in [1.29, 1.82) is 0 Å². The van der Waals surface area contributed by atoms with Crippen LogP contribution in [0.4, 0.5) is 10.5 Å². The van der Waals surface area contributed by atoms with E-state index in [2.05, 4.69) is 5.32 Å². The summed E-state index contributed by atoms with van der Waals surface area (Å²) in [7, 11) is 1.30. The van der Waals surface area contributed by atoms with Gasteiger partial charge in [-0.15, -0.1) is 0 Å². The number of nitro groups is 1. The number of carbonyl (C=O) groups excluding carboxylic acids is 1. The van der Waals surface area contributed by atoms with Gasteiger partial charge in [0.05, 0.1) is 30.7 Å². The highest BCUT2D eigenvalue weighted by atomic mass is 16.6. The predicted molar refractivity (Wildman–Crippen MR) is 63.2 cm³/mol. The fourth-order valence-corrected chi connectivity index (χ4v) is 1.90. The third-order valence-electron chi connectivity index (χ3n) is 2.83. The molecule has 1 aliphatic rings. The molecule has 102 valence electrons. The van der Waals surface area contributed by atoms with E-state index in [1.54, 1.807) is 0 Å². The maximum absolute atomic E-state index is 11.2. The summed E-state index contributed by atoms with van der Waals surface area (Å²) >= 11 is 0. The molecule has 2 rings (SSSR count). The number of phenolic OH excluding ortho intramolecular Hbond substituents is 1. The van der Waals surface area contributed by atoms with E-state index in [0.29, 0.717) is 6.42 Å². The summed E-state index contributed by atoms with van der Waals surface area (Å²) in [6, 6.07) is 1.80. The van der Waals surface area contributed by atoms with Crippen LogP contribution in [0.25, 0.3) is 0 Å². The largest absolute Gasteiger partial charge is 0.504 e. The van der Waals surface area contributed by atoms with Crippen LogP contribution in [0.3, 0.4) is 0 Å². The van der Waals surface area contributed by atoms with Crippen molar-refractivity contribution in [2.45, 2.75) is 12.5 Å². The van der Waals surface area contributed by atoms with Crippen molar-refractivity contribution < 1.29 is 24.3 Å². The molecule has 1 aromatic rings. The zero-order valence-corrected chi connectivity index (χ0v) is 10.1. The number of ether oxygens (including phenoxy) is 2.